The van der Waals surface area contributed by atoms with E-state index in [9.17, 15) is 4.79 Å². The van der Waals surface area contributed by atoms with Gasteiger partial charge in [-0.15, -0.1) is 0 Å². The van der Waals surface area contributed by atoms with Crippen LogP contribution in [0, 0.1) is 6.92 Å². The molecule has 2 aromatic rings. The minimum absolute atomic E-state index is 0.0869. The molecule has 1 aromatic heterocycles. The molecule has 5 heteroatoms. The Hall–Kier alpha value is -2.07. The van der Waals surface area contributed by atoms with Crippen LogP contribution in [0.5, 0.6) is 5.75 Å². The third kappa shape index (κ3) is 3.96. The van der Waals surface area contributed by atoms with E-state index in [0.717, 1.165) is 5.56 Å². The zero-order valence-electron chi connectivity index (χ0n) is 10.4. The van der Waals surface area contributed by atoms with E-state index in [1.165, 1.54) is 0 Å². The number of hydrogen-bond acceptors (Lipinski definition) is 3. The Morgan fingerprint density at radius 2 is 2.21 bits per heavy atom. The molecule has 0 atom stereocenters. The van der Waals surface area contributed by atoms with Crippen molar-refractivity contribution in [2.24, 2.45) is 0 Å². The molecule has 0 unspecified atom stereocenters. The first-order valence-electron chi connectivity index (χ1n) is 5.75. The van der Waals surface area contributed by atoms with Crippen molar-refractivity contribution in [1.29, 1.82) is 0 Å². The van der Waals surface area contributed by atoms with E-state index < -0.39 is 0 Å². The molecule has 2 rings (SSSR count). The first-order valence-corrected chi connectivity index (χ1v) is 6.13. The van der Waals surface area contributed by atoms with Crippen molar-refractivity contribution in [1.82, 2.24) is 4.98 Å². The van der Waals surface area contributed by atoms with Gasteiger partial charge in [0.15, 0.2) is 6.61 Å². The van der Waals surface area contributed by atoms with Gasteiger partial charge < -0.3 is 10.1 Å². The largest absolute Gasteiger partial charge is 0.484 e. The maximum Gasteiger partial charge on any atom is 0.263 e. The Kier molecular flexibility index (Phi) is 4.36. The number of carbonyl (C=O) groups excluding carboxylic acids is 1. The number of anilines is 1. The van der Waals surface area contributed by atoms with Crippen molar-refractivity contribution in [3.63, 3.8) is 0 Å². The number of hydrogen-bond donors (Lipinski definition) is 1. The maximum absolute atomic E-state index is 11.7. The van der Waals surface area contributed by atoms with Gasteiger partial charge in [0, 0.05) is 11.2 Å². The molecule has 0 radical (unpaired) electrons. The molecule has 0 spiro atoms. The molecule has 0 aliphatic rings. The van der Waals surface area contributed by atoms with Crippen molar-refractivity contribution in [3.05, 3.63) is 53.2 Å². The minimum Gasteiger partial charge on any atom is -0.484 e. The highest BCUT2D eigenvalue weighted by atomic mass is 35.5. The number of halogens is 1. The Balaban J connectivity index is 1.90. The van der Waals surface area contributed by atoms with Crippen LogP contribution in [0.25, 0.3) is 0 Å². The van der Waals surface area contributed by atoms with E-state index in [0.29, 0.717) is 16.6 Å². The van der Waals surface area contributed by atoms with Crippen LogP contribution in [0.4, 0.5) is 5.82 Å². The molecule has 0 saturated heterocycles. The van der Waals surface area contributed by atoms with Crippen molar-refractivity contribution in [2.45, 2.75) is 6.92 Å². The number of rotatable bonds is 4. The van der Waals surface area contributed by atoms with Gasteiger partial charge in [0.05, 0.1) is 0 Å². The molecule has 1 heterocycles. The topological polar surface area (TPSA) is 51.2 Å². The van der Waals surface area contributed by atoms with Gasteiger partial charge in [-0.2, -0.15) is 0 Å². The number of carbonyl (C=O) groups is 1. The van der Waals surface area contributed by atoms with Crippen molar-refractivity contribution in [2.75, 3.05) is 11.9 Å². The zero-order valence-corrected chi connectivity index (χ0v) is 11.1. The summed E-state index contributed by atoms with van der Waals surface area (Å²) in [4.78, 5) is 15.8. The molecule has 0 aliphatic carbocycles. The van der Waals surface area contributed by atoms with Crippen LogP contribution in [-0.2, 0) is 4.79 Å². The predicted octanol–water partition coefficient (Wildman–Crippen LogP) is 3.06. The summed E-state index contributed by atoms with van der Waals surface area (Å²) < 4.78 is 5.34. The van der Waals surface area contributed by atoms with Crippen LogP contribution in [0.1, 0.15) is 5.56 Å². The molecule has 0 saturated carbocycles. The van der Waals surface area contributed by atoms with Crippen LogP contribution in [0.15, 0.2) is 42.6 Å². The Bertz CT molecular complexity index is 587. The summed E-state index contributed by atoms with van der Waals surface area (Å²) in [5.41, 5.74) is 0.901. The standard InChI is InChI=1S/C14H13ClN2O2/c1-10-4-3-7-16-14(10)17-13(18)9-19-12-6-2-5-11(15)8-12/h2-8H,9H2,1H3,(H,16,17,18). The second-order valence-corrected chi connectivity index (χ2v) is 4.40. The molecular weight excluding hydrogens is 264 g/mol. The third-order valence-electron chi connectivity index (χ3n) is 2.43. The average molecular weight is 277 g/mol. The van der Waals surface area contributed by atoms with E-state index in [2.05, 4.69) is 10.3 Å². The number of benzene rings is 1. The van der Waals surface area contributed by atoms with Gasteiger partial charge in [-0.1, -0.05) is 23.7 Å². The van der Waals surface area contributed by atoms with Gasteiger partial charge >= 0.3 is 0 Å². The van der Waals surface area contributed by atoms with E-state index in [1.807, 2.05) is 19.1 Å². The number of nitrogens with one attached hydrogen (secondary N) is 1. The highest BCUT2D eigenvalue weighted by Gasteiger charge is 2.06. The van der Waals surface area contributed by atoms with Gasteiger partial charge in [-0.25, -0.2) is 4.98 Å². The molecule has 0 bridgehead atoms. The van der Waals surface area contributed by atoms with Crippen LogP contribution in [0.2, 0.25) is 5.02 Å². The fourth-order valence-corrected chi connectivity index (χ4v) is 1.67. The summed E-state index contributed by atoms with van der Waals surface area (Å²) in [6.45, 7) is 1.79. The predicted molar refractivity (Wildman–Crippen MR) is 74.6 cm³/mol. The van der Waals surface area contributed by atoms with Gasteiger partial charge in [0.25, 0.3) is 5.91 Å². The van der Waals surface area contributed by atoms with E-state index in [1.54, 1.807) is 30.5 Å². The minimum atomic E-state index is -0.262. The number of aromatic nitrogens is 1. The van der Waals surface area contributed by atoms with Crippen molar-refractivity contribution < 1.29 is 9.53 Å². The van der Waals surface area contributed by atoms with E-state index >= 15 is 0 Å². The number of pyridine rings is 1. The summed E-state index contributed by atoms with van der Waals surface area (Å²) in [6, 6.07) is 10.6. The number of ether oxygens (including phenoxy) is 1. The Morgan fingerprint density at radius 3 is 2.95 bits per heavy atom. The van der Waals surface area contributed by atoms with Crippen LogP contribution < -0.4 is 10.1 Å². The fourth-order valence-electron chi connectivity index (χ4n) is 1.49. The van der Waals surface area contributed by atoms with Crippen molar-refractivity contribution in [3.8, 4) is 5.75 Å². The molecule has 1 N–H and O–H groups in total. The second kappa shape index (κ2) is 6.20. The van der Waals surface area contributed by atoms with Gasteiger partial charge in [0.1, 0.15) is 11.6 Å². The SMILES string of the molecule is Cc1cccnc1NC(=O)COc1cccc(Cl)c1. The first-order chi connectivity index (χ1) is 9.15. The molecule has 19 heavy (non-hydrogen) atoms. The molecule has 0 aliphatic heterocycles. The van der Waals surface area contributed by atoms with Crippen LogP contribution in [-0.4, -0.2) is 17.5 Å². The second-order valence-electron chi connectivity index (χ2n) is 3.96. The lowest BCUT2D eigenvalue weighted by Crippen LogP contribution is -2.21. The highest BCUT2D eigenvalue weighted by molar-refractivity contribution is 6.30. The fraction of sp³-hybridized carbons (Fsp3) is 0.143. The zero-order chi connectivity index (χ0) is 13.7. The van der Waals surface area contributed by atoms with E-state index in [4.69, 9.17) is 16.3 Å². The summed E-state index contributed by atoms with van der Waals surface area (Å²) >= 11 is 5.82. The maximum atomic E-state index is 11.7. The molecule has 1 aromatic carbocycles. The smallest absolute Gasteiger partial charge is 0.263 e. The summed E-state index contributed by atoms with van der Waals surface area (Å²) in [5.74, 6) is 0.837. The Labute approximate surface area is 116 Å². The molecule has 98 valence electrons. The van der Waals surface area contributed by atoms with Crippen LogP contribution >= 0.6 is 11.6 Å². The van der Waals surface area contributed by atoms with Crippen molar-refractivity contribution >= 4 is 23.3 Å². The average Bonchev–Trinajstić information content (AvgIpc) is 2.39. The third-order valence-corrected chi connectivity index (χ3v) is 2.67. The molecule has 4 nitrogen and oxygen atoms in total. The summed E-state index contributed by atoms with van der Waals surface area (Å²) in [7, 11) is 0. The van der Waals surface area contributed by atoms with Gasteiger partial charge in [-0.3, -0.25) is 4.79 Å². The quantitative estimate of drug-likeness (QED) is 0.934. The summed E-state index contributed by atoms with van der Waals surface area (Å²) in [6.07, 6.45) is 1.63. The summed E-state index contributed by atoms with van der Waals surface area (Å²) in [5, 5.41) is 3.26. The van der Waals surface area contributed by atoms with Gasteiger partial charge in [-0.05, 0) is 36.8 Å². The molecular formula is C14H13ClN2O2. The molecule has 1 amide bonds. The van der Waals surface area contributed by atoms with Crippen LogP contribution in [0.3, 0.4) is 0 Å². The number of nitrogens with zero attached hydrogens (tertiary/aromatic N) is 1. The molecule has 0 fully saturated rings. The lowest BCUT2D eigenvalue weighted by Gasteiger charge is -2.08. The highest BCUT2D eigenvalue weighted by Crippen LogP contribution is 2.17. The monoisotopic (exact) mass is 276 g/mol. The number of aryl methyl sites for hydroxylation is 1. The lowest BCUT2D eigenvalue weighted by atomic mass is 10.3. The van der Waals surface area contributed by atoms with E-state index in [-0.39, 0.29) is 12.5 Å². The number of amides is 1. The Morgan fingerprint density at radius 1 is 1.37 bits per heavy atom. The first kappa shape index (κ1) is 13.4. The lowest BCUT2D eigenvalue weighted by molar-refractivity contribution is -0.118. The van der Waals surface area contributed by atoms with Gasteiger partial charge in [0.2, 0.25) is 0 Å². The normalized spacial score (nSPS) is 10.0.